The summed E-state index contributed by atoms with van der Waals surface area (Å²) in [6.45, 7) is 5.06. The summed E-state index contributed by atoms with van der Waals surface area (Å²) in [5.41, 5.74) is 1.09. The molecule has 1 unspecified atom stereocenters. The fraction of sp³-hybridized carbons (Fsp3) is 0.632. The number of methoxy groups -OCH3 is 1. The molecule has 0 radical (unpaired) electrons. The van der Waals surface area contributed by atoms with Crippen LogP contribution in [0.4, 0.5) is 0 Å². The SMILES string of the molecule is CN=C(NCC(c1ccccc1OC)N(C)C)N1CCS(=O)(=O)C(C)(C)C1. The third-order valence-electron chi connectivity index (χ3n) is 5.13. The van der Waals surface area contributed by atoms with Crippen molar-refractivity contribution in [1.82, 2.24) is 15.1 Å². The lowest BCUT2D eigenvalue weighted by molar-refractivity contribution is 0.282. The van der Waals surface area contributed by atoms with Gasteiger partial charge in [0, 0.05) is 32.2 Å². The average molecular weight is 397 g/mol. The molecule has 1 fully saturated rings. The van der Waals surface area contributed by atoms with Gasteiger partial charge in [-0.3, -0.25) is 4.99 Å². The number of guanidine groups is 1. The Morgan fingerprint density at radius 2 is 2.04 bits per heavy atom. The van der Waals surface area contributed by atoms with Gasteiger partial charge in [-0.05, 0) is 34.0 Å². The van der Waals surface area contributed by atoms with Gasteiger partial charge in [0.15, 0.2) is 15.8 Å². The van der Waals surface area contributed by atoms with E-state index in [0.29, 0.717) is 19.6 Å². The van der Waals surface area contributed by atoms with Gasteiger partial charge in [-0.25, -0.2) is 8.42 Å². The summed E-state index contributed by atoms with van der Waals surface area (Å²) in [6.07, 6.45) is 0. The van der Waals surface area contributed by atoms with Crippen LogP contribution in [0.2, 0.25) is 0 Å². The first-order chi connectivity index (χ1) is 12.6. The highest BCUT2D eigenvalue weighted by atomic mass is 32.2. The predicted octanol–water partition coefficient (Wildman–Crippen LogP) is 1.38. The molecule has 1 atom stereocenters. The van der Waals surface area contributed by atoms with Crippen LogP contribution in [0.3, 0.4) is 0 Å². The number of nitrogens with one attached hydrogen (secondary N) is 1. The van der Waals surface area contributed by atoms with Crippen molar-refractivity contribution in [2.75, 3.05) is 53.6 Å². The summed E-state index contributed by atoms with van der Waals surface area (Å²) in [5.74, 6) is 1.71. The molecule has 152 valence electrons. The molecule has 1 aliphatic heterocycles. The highest BCUT2D eigenvalue weighted by Crippen LogP contribution is 2.28. The molecule has 2 rings (SSSR count). The first kappa shape index (κ1) is 21.5. The number of likely N-dealkylation sites (N-methyl/N-ethyl adjacent to an activating group) is 1. The molecule has 8 heteroatoms. The molecule has 0 aromatic heterocycles. The van der Waals surface area contributed by atoms with E-state index < -0.39 is 14.6 Å². The second-order valence-electron chi connectivity index (χ2n) is 7.65. The molecule has 1 aromatic carbocycles. The minimum absolute atomic E-state index is 0.0828. The molecule has 1 N–H and O–H groups in total. The fourth-order valence-electron chi connectivity index (χ4n) is 3.36. The number of ether oxygens (including phenoxy) is 1. The Kier molecular flexibility index (Phi) is 6.75. The third-order valence-corrected chi connectivity index (χ3v) is 7.66. The summed E-state index contributed by atoms with van der Waals surface area (Å²) < 4.78 is 29.3. The first-order valence-electron chi connectivity index (χ1n) is 9.10. The molecule has 0 aliphatic carbocycles. The van der Waals surface area contributed by atoms with Crippen molar-refractivity contribution >= 4 is 15.8 Å². The number of para-hydroxylation sites is 1. The third kappa shape index (κ3) is 4.73. The molecule has 0 saturated carbocycles. The van der Waals surface area contributed by atoms with E-state index in [-0.39, 0.29) is 11.8 Å². The number of benzene rings is 1. The van der Waals surface area contributed by atoms with Crippen molar-refractivity contribution in [3.05, 3.63) is 29.8 Å². The van der Waals surface area contributed by atoms with Gasteiger partial charge in [0.2, 0.25) is 0 Å². The Bertz CT molecular complexity index is 775. The molecule has 0 amide bonds. The highest BCUT2D eigenvalue weighted by Gasteiger charge is 2.41. The normalized spacial score (nSPS) is 20.4. The smallest absolute Gasteiger partial charge is 0.193 e. The molecule has 7 nitrogen and oxygen atoms in total. The van der Waals surface area contributed by atoms with E-state index >= 15 is 0 Å². The van der Waals surface area contributed by atoms with E-state index in [1.54, 1.807) is 28.0 Å². The van der Waals surface area contributed by atoms with Gasteiger partial charge in [-0.1, -0.05) is 18.2 Å². The van der Waals surface area contributed by atoms with Crippen LogP contribution in [0.5, 0.6) is 5.75 Å². The molecular weight excluding hydrogens is 364 g/mol. The van der Waals surface area contributed by atoms with E-state index in [2.05, 4.69) is 21.3 Å². The maximum absolute atomic E-state index is 12.3. The second-order valence-corrected chi connectivity index (χ2v) is 10.4. The predicted molar refractivity (Wildman–Crippen MR) is 110 cm³/mol. The maximum atomic E-state index is 12.3. The Morgan fingerprint density at radius 3 is 2.59 bits per heavy atom. The molecule has 0 bridgehead atoms. The lowest BCUT2D eigenvalue weighted by Gasteiger charge is -2.39. The molecular formula is C19H32N4O3S. The molecule has 1 heterocycles. The molecule has 1 aliphatic rings. The van der Waals surface area contributed by atoms with E-state index in [9.17, 15) is 8.42 Å². The van der Waals surface area contributed by atoms with Crippen LogP contribution in [-0.2, 0) is 9.84 Å². The van der Waals surface area contributed by atoms with E-state index in [1.165, 1.54) is 0 Å². The Morgan fingerprint density at radius 1 is 1.37 bits per heavy atom. The molecule has 1 aromatic rings. The van der Waals surface area contributed by atoms with Crippen LogP contribution in [-0.4, -0.2) is 82.6 Å². The molecule has 27 heavy (non-hydrogen) atoms. The minimum Gasteiger partial charge on any atom is -0.496 e. The van der Waals surface area contributed by atoms with E-state index in [0.717, 1.165) is 17.3 Å². The fourth-order valence-corrected chi connectivity index (χ4v) is 4.72. The van der Waals surface area contributed by atoms with Crippen molar-refractivity contribution in [2.45, 2.75) is 24.6 Å². The van der Waals surface area contributed by atoms with Crippen LogP contribution in [0.25, 0.3) is 0 Å². The van der Waals surface area contributed by atoms with Gasteiger partial charge in [-0.2, -0.15) is 0 Å². The average Bonchev–Trinajstić information content (AvgIpc) is 2.61. The summed E-state index contributed by atoms with van der Waals surface area (Å²) in [7, 11) is 4.37. The number of hydrogen-bond donors (Lipinski definition) is 1. The Balaban J connectivity index is 2.14. The van der Waals surface area contributed by atoms with Gasteiger partial charge in [-0.15, -0.1) is 0 Å². The van der Waals surface area contributed by atoms with Crippen LogP contribution in [0, 0.1) is 0 Å². The van der Waals surface area contributed by atoms with Gasteiger partial charge in [0.05, 0.1) is 23.7 Å². The van der Waals surface area contributed by atoms with E-state index in [1.807, 2.05) is 37.2 Å². The minimum atomic E-state index is -3.08. The number of hydrogen-bond acceptors (Lipinski definition) is 5. The summed E-state index contributed by atoms with van der Waals surface area (Å²) in [5, 5.41) is 3.42. The Labute approximate surface area is 163 Å². The van der Waals surface area contributed by atoms with Crippen LogP contribution >= 0.6 is 0 Å². The lowest BCUT2D eigenvalue weighted by atomic mass is 10.0. The van der Waals surface area contributed by atoms with Gasteiger partial charge < -0.3 is 19.9 Å². The maximum Gasteiger partial charge on any atom is 0.193 e. The largest absolute Gasteiger partial charge is 0.496 e. The molecule has 1 saturated heterocycles. The van der Waals surface area contributed by atoms with Gasteiger partial charge in [0.1, 0.15) is 5.75 Å². The van der Waals surface area contributed by atoms with Crippen molar-refractivity contribution < 1.29 is 13.2 Å². The Hall–Kier alpha value is -1.80. The lowest BCUT2D eigenvalue weighted by Crippen LogP contribution is -2.57. The van der Waals surface area contributed by atoms with Crippen molar-refractivity contribution in [2.24, 2.45) is 4.99 Å². The standard InChI is InChI=1S/C19H32N4O3S/c1-19(2)14-23(11-12-27(19,24)25)18(20-3)21-13-16(22(4)5)15-9-7-8-10-17(15)26-6/h7-10,16H,11-14H2,1-6H3,(H,20,21). The zero-order chi connectivity index (χ0) is 20.2. The van der Waals surface area contributed by atoms with Crippen molar-refractivity contribution in [3.8, 4) is 5.75 Å². The van der Waals surface area contributed by atoms with Crippen LogP contribution < -0.4 is 10.1 Å². The summed E-state index contributed by atoms with van der Waals surface area (Å²) >= 11 is 0. The quantitative estimate of drug-likeness (QED) is 0.599. The topological polar surface area (TPSA) is 74.2 Å². The van der Waals surface area contributed by atoms with Gasteiger partial charge >= 0.3 is 0 Å². The molecule has 0 spiro atoms. The number of rotatable bonds is 5. The second kappa shape index (κ2) is 8.48. The van der Waals surface area contributed by atoms with E-state index in [4.69, 9.17) is 4.74 Å². The summed E-state index contributed by atoms with van der Waals surface area (Å²) in [4.78, 5) is 8.53. The zero-order valence-electron chi connectivity index (χ0n) is 17.2. The monoisotopic (exact) mass is 396 g/mol. The summed E-state index contributed by atoms with van der Waals surface area (Å²) in [6, 6.07) is 8.06. The number of nitrogens with zero attached hydrogens (tertiary/aromatic N) is 3. The first-order valence-corrected chi connectivity index (χ1v) is 10.8. The van der Waals surface area contributed by atoms with Crippen LogP contribution in [0.1, 0.15) is 25.5 Å². The highest BCUT2D eigenvalue weighted by molar-refractivity contribution is 7.92. The van der Waals surface area contributed by atoms with Crippen molar-refractivity contribution in [3.63, 3.8) is 0 Å². The van der Waals surface area contributed by atoms with Crippen LogP contribution in [0.15, 0.2) is 29.3 Å². The van der Waals surface area contributed by atoms with Crippen molar-refractivity contribution in [1.29, 1.82) is 0 Å². The number of sulfone groups is 1. The number of aliphatic imine (C=N–C) groups is 1. The zero-order valence-corrected chi connectivity index (χ0v) is 18.0. The van der Waals surface area contributed by atoms with Gasteiger partial charge in [0.25, 0.3) is 0 Å².